The first-order valence-electron chi connectivity index (χ1n) is 3.80. The van der Waals surface area contributed by atoms with Gasteiger partial charge in [-0.15, -0.1) is 0 Å². The number of hydrogen-bond acceptors (Lipinski definition) is 5. The van der Waals surface area contributed by atoms with Gasteiger partial charge in [-0.1, -0.05) is 5.16 Å². The largest absolute Gasteiger partial charge is 0.361 e. The zero-order chi connectivity index (χ0) is 10.6. The molecule has 0 bridgehead atoms. The van der Waals surface area contributed by atoms with Gasteiger partial charge in [0, 0.05) is 6.07 Å². The normalized spacial score (nSPS) is 11.1. The third-order valence-corrected chi connectivity index (χ3v) is 2.65. The number of nitriles is 1. The molecule has 1 N–H and O–H groups in total. The third kappa shape index (κ3) is 3.16. The number of aryl methyl sites for hydroxylation is 1. The van der Waals surface area contributed by atoms with Crippen molar-refractivity contribution in [3.63, 3.8) is 0 Å². The molecule has 6 nitrogen and oxygen atoms in total. The summed E-state index contributed by atoms with van der Waals surface area (Å²) in [6.45, 7) is 1.44. The van der Waals surface area contributed by atoms with E-state index >= 15 is 0 Å². The van der Waals surface area contributed by atoms with Crippen LogP contribution in [0.15, 0.2) is 10.6 Å². The molecule has 0 atom stereocenters. The van der Waals surface area contributed by atoms with Crippen molar-refractivity contribution in [2.24, 2.45) is 0 Å². The lowest BCUT2D eigenvalue weighted by atomic mass is 10.4. The smallest absolute Gasteiger partial charge is 0.218 e. The Labute approximate surface area is 81.6 Å². The van der Waals surface area contributed by atoms with Crippen LogP contribution in [0.2, 0.25) is 0 Å². The standard InChI is InChI=1S/C7H9N3O3S/c1-6-4-7(10-13-6)5-14(11,12)9-3-2-8/h4,9H,3,5H2,1H3. The van der Waals surface area contributed by atoms with Crippen molar-refractivity contribution in [1.29, 1.82) is 5.26 Å². The number of aromatic nitrogens is 1. The topological polar surface area (TPSA) is 96.0 Å². The van der Waals surface area contributed by atoms with E-state index in [1.165, 1.54) is 6.07 Å². The highest BCUT2D eigenvalue weighted by Crippen LogP contribution is 2.05. The van der Waals surface area contributed by atoms with Crippen molar-refractivity contribution < 1.29 is 12.9 Å². The highest BCUT2D eigenvalue weighted by molar-refractivity contribution is 7.88. The molecule has 1 aromatic heterocycles. The van der Waals surface area contributed by atoms with Crippen molar-refractivity contribution in [3.05, 3.63) is 17.5 Å². The van der Waals surface area contributed by atoms with Crippen molar-refractivity contribution in [2.75, 3.05) is 6.54 Å². The van der Waals surface area contributed by atoms with E-state index in [4.69, 9.17) is 9.78 Å². The fourth-order valence-electron chi connectivity index (χ4n) is 0.874. The first-order chi connectivity index (χ1) is 6.53. The molecule has 1 heterocycles. The van der Waals surface area contributed by atoms with Crippen LogP contribution in [0.3, 0.4) is 0 Å². The molecule has 1 aromatic rings. The Bertz CT molecular complexity index is 443. The Morgan fingerprint density at radius 3 is 2.93 bits per heavy atom. The highest BCUT2D eigenvalue weighted by atomic mass is 32.2. The third-order valence-electron chi connectivity index (χ3n) is 1.39. The molecule has 0 aliphatic heterocycles. The second-order valence-electron chi connectivity index (χ2n) is 2.67. The van der Waals surface area contributed by atoms with Crippen LogP contribution in [0.1, 0.15) is 11.5 Å². The van der Waals surface area contributed by atoms with Gasteiger partial charge in [-0.3, -0.25) is 0 Å². The summed E-state index contributed by atoms with van der Waals surface area (Å²) >= 11 is 0. The maximum atomic E-state index is 11.2. The van der Waals surface area contributed by atoms with Gasteiger partial charge in [-0.05, 0) is 6.92 Å². The Morgan fingerprint density at radius 1 is 1.71 bits per heavy atom. The number of nitrogens with zero attached hydrogens (tertiary/aromatic N) is 2. The summed E-state index contributed by atoms with van der Waals surface area (Å²) in [6.07, 6.45) is 0. The van der Waals surface area contributed by atoms with Crippen molar-refractivity contribution in [1.82, 2.24) is 9.88 Å². The lowest BCUT2D eigenvalue weighted by molar-refractivity contribution is 0.392. The summed E-state index contributed by atoms with van der Waals surface area (Å²) in [4.78, 5) is 0. The average Bonchev–Trinajstić information content (AvgIpc) is 2.47. The molecule has 1 rings (SSSR count). The van der Waals surface area contributed by atoms with E-state index in [9.17, 15) is 8.42 Å². The van der Waals surface area contributed by atoms with Crippen LogP contribution in [0.5, 0.6) is 0 Å². The first kappa shape index (κ1) is 10.7. The van der Waals surface area contributed by atoms with Gasteiger partial charge in [0.15, 0.2) is 0 Å². The van der Waals surface area contributed by atoms with Gasteiger partial charge < -0.3 is 4.52 Å². The number of sulfonamides is 1. The highest BCUT2D eigenvalue weighted by Gasteiger charge is 2.13. The molecular formula is C7H9N3O3S. The summed E-state index contributed by atoms with van der Waals surface area (Å²) in [7, 11) is -3.48. The molecule has 0 fully saturated rings. The van der Waals surface area contributed by atoms with Crippen molar-refractivity contribution in [2.45, 2.75) is 12.7 Å². The van der Waals surface area contributed by atoms with Gasteiger partial charge in [-0.2, -0.15) is 5.26 Å². The van der Waals surface area contributed by atoms with E-state index in [1.807, 2.05) is 0 Å². The lowest BCUT2D eigenvalue weighted by Gasteiger charge is -1.98. The molecule has 0 aliphatic carbocycles. The maximum Gasteiger partial charge on any atom is 0.218 e. The molecule has 0 amide bonds. The average molecular weight is 215 g/mol. The second kappa shape index (κ2) is 4.21. The van der Waals surface area contributed by atoms with E-state index in [1.54, 1.807) is 13.0 Å². The van der Waals surface area contributed by atoms with Crippen molar-refractivity contribution in [3.8, 4) is 6.07 Å². The molecule has 0 aliphatic rings. The summed E-state index contributed by atoms with van der Waals surface area (Å²) in [5, 5.41) is 11.7. The number of nitrogens with one attached hydrogen (secondary N) is 1. The molecule has 76 valence electrons. The predicted octanol–water partition coefficient (Wildman–Crippen LogP) is -0.0740. The molecule has 0 saturated carbocycles. The molecule has 0 aromatic carbocycles. The Hall–Kier alpha value is -1.39. The maximum absolute atomic E-state index is 11.2. The summed E-state index contributed by atoms with van der Waals surface area (Å²) in [5.74, 6) is 0.280. The van der Waals surface area contributed by atoms with Crippen molar-refractivity contribution >= 4 is 10.0 Å². The molecule has 0 radical (unpaired) electrons. The van der Waals surface area contributed by atoms with Gasteiger partial charge in [0.1, 0.15) is 17.2 Å². The Morgan fingerprint density at radius 2 is 2.43 bits per heavy atom. The first-order valence-corrected chi connectivity index (χ1v) is 5.45. The van der Waals surface area contributed by atoms with Gasteiger partial charge >= 0.3 is 0 Å². The molecular weight excluding hydrogens is 206 g/mol. The van der Waals surface area contributed by atoms with Gasteiger partial charge in [-0.25, -0.2) is 13.1 Å². The minimum atomic E-state index is -3.48. The minimum Gasteiger partial charge on any atom is -0.361 e. The van der Waals surface area contributed by atoms with Crippen LogP contribution >= 0.6 is 0 Å². The quantitative estimate of drug-likeness (QED) is 0.709. The zero-order valence-electron chi connectivity index (χ0n) is 7.52. The Balaban J connectivity index is 2.65. The van der Waals surface area contributed by atoms with Crippen LogP contribution < -0.4 is 4.72 Å². The minimum absolute atomic E-state index is 0.237. The summed E-state index contributed by atoms with van der Waals surface area (Å²) in [6, 6.07) is 3.21. The summed E-state index contributed by atoms with van der Waals surface area (Å²) in [5.41, 5.74) is 0.327. The molecule has 0 spiro atoms. The fourth-order valence-corrected chi connectivity index (χ4v) is 1.79. The van der Waals surface area contributed by atoms with E-state index in [0.29, 0.717) is 11.5 Å². The van der Waals surface area contributed by atoms with Crippen LogP contribution in [0, 0.1) is 18.3 Å². The Kier molecular flexibility index (Phi) is 3.22. The van der Waals surface area contributed by atoms with Gasteiger partial charge in [0.25, 0.3) is 0 Å². The molecule has 0 saturated heterocycles. The van der Waals surface area contributed by atoms with Gasteiger partial charge in [0.2, 0.25) is 10.0 Å². The zero-order valence-corrected chi connectivity index (χ0v) is 8.34. The van der Waals surface area contributed by atoms with E-state index in [2.05, 4.69) is 9.88 Å². The SMILES string of the molecule is Cc1cc(CS(=O)(=O)NCC#N)no1. The van der Waals surface area contributed by atoms with Gasteiger partial charge in [0.05, 0.1) is 12.6 Å². The van der Waals surface area contributed by atoms with E-state index < -0.39 is 10.0 Å². The number of rotatable bonds is 4. The molecule has 0 unspecified atom stereocenters. The van der Waals surface area contributed by atoms with Crippen LogP contribution in [0.25, 0.3) is 0 Å². The van der Waals surface area contributed by atoms with Crippen LogP contribution in [-0.4, -0.2) is 20.1 Å². The molecule has 14 heavy (non-hydrogen) atoms. The fraction of sp³-hybridized carbons (Fsp3) is 0.429. The summed E-state index contributed by atoms with van der Waals surface area (Å²) < 4.78 is 29.3. The molecule has 7 heteroatoms. The van der Waals surface area contributed by atoms with E-state index in [0.717, 1.165) is 0 Å². The van der Waals surface area contributed by atoms with Crippen LogP contribution in [-0.2, 0) is 15.8 Å². The van der Waals surface area contributed by atoms with Crippen LogP contribution in [0.4, 0.5) is 0 Å². The predicted molar refractivity (Wildman–Crippen MR) is 47.5 cm³/mol. The number of hydrogen-bond donors (Lipinski definition) is 1. The lowest BCUT2D eigenvalue weighted by Crippen LogP contribution is -2.25. The van der Waals surface area contributed by atoms with E-state index in [-0.39, 0.29) is 12.3 Å². The monoisotopic (exact) mass is 215 g/mol. The second-order valence-corrected chi connectivity index (χ2v) is 4.47.